The van der Waals surface area contributed by atoms with Gasteiger partial charge in [0.05, 0.1) is 6.61 Å². The van der Waals surface area contributed by atoms with E-state index in [1.807, 2.05) is 11.3 Å². The fraction of sp³-hybridized carbons (Fsp3) is 0.333. The van der Waals surface area contributed by atoms with Crippen molar-refractivity contribution >= 4 is 42.2 Å². The molecule has 1 nitrogen and oxygen atoms in total. The fourth-order valence-corrected chi connectivity index (χ4v) is 5.98. The minimum atomic E-state index is -1.62. The van der Waals surface area contributed by atoms with E-state index >= 15 is 0 Å². The van der Waals surface area contributed by atoms with Gasteiger partial charge in [0.1, 0.15) is 0 Å². The highest BCUT2D eigenvalue weighted by molar-refractivity contribution is 14.1. The maximum absolute atomic E-state index is 6.27. The van der Waals surface area contributed by atoms with Crippen LogP contribution in [0.4, 0.5) is 0 Å². The molecule has 0 saturated heterocycles. The Kier molecular flexibility index (Phi) is 5.22. The van der Waals surface area contributed by atoms with Crippen LogP contribution in [0.25, 0.3) is 0 Å². The largest absolute Gasteiger partial charge is 0.413 e. The highest BCUT2D eigenvalue weighted by Gasteiger charge is 2.23. The van der Waals surface area contributed by atoms with Gasteiger partial charge in [0.25, 0.3) is 0 Å². The molecule has 0 atom stereocenters. The van der Waals surface area contributed by atoms with Gasteiger partial charge in [0.2, 0.25) is 0 Å². The van der Waals surface area contributed by atoms with Crippen molar-refractivity contribution < 1.29 is 4.43 Å². The Morgan fingerprint density at radius 2 is 2.05 bits per heavy atom. The Morgan fingerprint density at radius 3 is 2.74 bits per heavy atom. The summed E-state index contributed by atoms with van der Waals surface area (Å²) in [6, 6.07) is 12.0. The van der Waals surface area contributed by atoms with E-state index in [1.165, 1.54) is 19.6 Å². The summed E-state index contributed by atoms with van der Waals surface area (Å²) in [6.07, 6.45) is 0. The Hall–Kier alpha value is -0.173. The topological polar surface area (TPSA) is 9.23 Å². The second kappa shape index (κ2) is 6.52. The molecule has 0 amide bonds. The molecule has 0 aliphatic carbocycles. The Morgan fingerprint density at radius 1 is 1.26 bits per heavy atom. The summed E-state index contributed by atoms with van der Waals surface area (Å²) in [4.78, 5) is 1.44. The van der Waals surface area contributed by atoms with Crippen LogP contribution >= 0.6 is 33.9 Å². The summed E-state index contributed by atoms with van der Waals surface area (Å²) in [5.74, 6) is 0. The zero-order chi connectivity index (χ0) is 13.9. The lowest BCUT2D eigenvalue weighted by atomic mass is 10.1. The first-order valence-corrected chi connectivity index (χ1v) is 11.4. The van der Waals surface area contributed by atoms with Crippen LogP contribution in [0.1, 0.15) is 16.0 Å². The highest BCUT2D eigenvalue weighted by atomic mass is 127. The maximum atomic E-state index is 6.27. The molecule has 0 unspecified atom stereocenters. The Labute approximate surface area is 134 Å². The smallest absolute Gasteiger partial charge is 0.192 e. The molecular weight excluding hydrogens is 383 g/mol. The molecular formula is C15H19IOSSi. The maximum Gasteiger partial charge on any atom is 0.192 e. The number of aryl methyl sites for hydroxylation is 1. The predicted molar refractivity (Wildman–Crippen MR) is 94.2 cm³/mol. The van der Waals surface area contributed by atoms with Gasteiger partial charge in [-0.3, -0.25) is 0 Å². The fourth-order valence-electron chi connectivity index (χ4n) is 1.95. The summed E-state index contributed by atoms with van der Waals surface area (Å²) in [5, 5.41) is 2.14. The van der Waals surface area contributed by atoms with E-state index < -0.39 is 8.32 Å². The van der Waals surface area contributed by atoms with Crippen LogP contribution in [0.5, 0.6) is 0 Å². The van der Waals surface area contributed by atoms with Crippen molar-refractivity contribution in [2.24, 2.45) is 0 Å². The SMILES string of the molecule is Cc1ccc(I)cc1CO[Si](C)(C)Cc1cccs1. The molecule has 2 aromatic rings. The third kappa shape index (κ3) is 4.70. The standard InChI is InChI=1S/C15H19IOSSi/c1-12-6-7-14(16)9-13(12)10-17-19(2,3)11-15-5-4-8-18-15/h4-9H,10-11H2,1-3H3. The first kappa shape index (κ1) is 15.2. The van der Waals surface area contributed by atoms with Crippen molar-refractivity contribution in [1.82, 2.24) is 0 Å². The minimum Gasteiger partial charge on any atom is -0.413 e. The molecule has 1 aromatic heterocycles. The van der Waals surface area contributed by atoms with E-state index in [4.69, 9.17) is 4.43 Å². The highest BCUT2D eigenvalue weighted by Crippen LogP contribution is 2.21. The number of hydrogen-bond donors (Lipinski definition) is 0. The third-order valence-corrected chi connectivity index (χ3v) is 7.07. The second-order valence-corrected chi connectivity index (χ2v) is 11.8. The average Bonchev–Trinajstić information content (AvgIpc) is 2.82. The summed E-state index contributed by atoms with van der Waals surface area (Å²) in [6.45, 7) is 7.50. The summed E-state index contributed by atoms with van der Waals surface area (Å²) >= 11 is 4.19. The molecule has 19 heavy (non-hydrogen) atoms. The molecule has 102 valence electrons. The van der Waals surface area contributed by atoms with Crippen molar-refractivity contribution in [3.63, 3.8) is 0 Å². The number of thiophene rings is 1. The van der Waals surface area contributed by atoms with Gasteiger partial charge < -0.3 is 4.43 Å². The monoisotopic (exact) mass is 402 g/mol. The van der Waals surface area contributed by atoms with Crippen molar-refractivity contribution in [2.45, 2.75) is 32.7 Å². The van der Waals surface area contributed by atoms with Crippen molar-refractivity contribution in [2.75, 3.05) is 0 Å². The molecule has 1 heterocycles. The summed E-state index contributed by atoms with van der Waals surface area (Å²) in [7, 11) is -1.62. The number of halogens is 1. The minimum absolute atomic E-state index is 0.743. The van der Waals surface area contributed by atoms with E-state index in [0.29, 0.717) is 0 Å². The van der Waals surface area contributed by atoms with Gasteiger partial charge in [-0.15, -0.1) is 11.3 Å². The lowest BCUT2D eigenvalue weighted by Gasteiger charge is -2.23. The van der Waals surface area contributed by atoms with Crippen molar-refractivity contribution in [3.8, 4) is 0 Å². The van der Waals surface area contributed by atoms with Crippen molar-refractivity contribution in [3.05, 3.63) is 55.3 Å². The van der Waals surface area contributed by atoms with Crippen LogP contribution < -0.4 is 0 Å². The Bertz CT molecular complexity index is 537. The van der Waals surface area contributed by atoms with Crippen LogP contribution in [0.15, 0.2) is 35.7 Å². The van der Waals surface area contributed by atoms with E-state index in [0.717, 1.165) is 12.7 Å². The van der Waals surface area contributed by atoms with Crippen LogP contribution in [-0.2, 0) is 17.1 Å². The lowest BCUT2D eigenvalue weighted by Crippen LogP contribution is -2.33. The average molecular weight is 402 g/mol. The molecule has 4 heteroatoms. The van der Waals surface area contributed by atoms with Crippen LogP contribution in [-0.4, -0.2) is 8.32 Å². The molecule has 0 fully saturated rings. The van der Waals surface area contributed by atoms with Gasteiger partial charge in [0.15, 0.2) is 8.32 Å². The first-order valence-electron chi connectivity index (χ1n) is 6.38. The molecule has 2 rings (SSSR count). The Balaban J connectivity index is 1.99. The molecule has 0 bridgehead atoms. The van der Waals surface area contributed by atoms with E-state index in [9.17, 15) is 0 Å². The molecule has 0 spiro atoms. The summed E-state index contributed by atoms with van der Waals surface area (Å²) < 4.78 is 7.54. The van der Waals surface area contributed by atoms with Crippen molar-refractivity contribution in [1.29, 1.82) is 0 Å². The predicted octanol–water partition coefficient (Wildman–Crippen LogP) is 5.16. The number of benzene rings is 1. The molecule has 0 radical (unpaired) electrons. The van der Waals surface area contributed by atoms with Gasteiger partial charge in [-0.25, -0.2) is 0 Å². The van der Waals surface area contributed by atoms with E-state index in [2.05, 4.69) is 78.3 Å². The van der Waals surface area contributed by atoms with Crippen LogP contribution in [0.3, 0.4) is 0 Å². The molecule has 0 aliphatic heterocycles. The molecule has 0 N–H and O–H groups in total. The zero-order valence-electron chi connectivity index (χ0n) is 11.6. The van der Waals surface area contributed by atoms with Crippen LogP contribution in [0, 0.1) is 10.5 Å². The summed E-state index contributed by atoms with van der Waals surface area (Å²) in [5.41, 5.74) is 2.64. The van der Waals surface area contributed by atoms with Crippen LogP contribution in [0.2, 0.25) is 13.1 Å². The van der Waals surface area contributed by atoms with Gasteiger partial charge in [0, 0.05) is 14.5 Å². The normalized spacial score (nSPS) is 11.8. The number of hydrogen-bond acceptors (Lipinski definition) is 2. The van der Waals surface area contributed by atoms with Gasteiger partial charge in [-0.05, 0) is 77.3 Å². The van der Waals surface area contributed by atoms with Gasteiger partial charge in [-0.2, -0.15) is 0 Å². The number of rotatable bonds is 5. The quantitative estimate of drug-likeness (QED) is 0.496. The molecule has 0 saturated carbocycles. The lowest BCUT2D eigenvalue weighted by molar-refractivity contribution is 0.293. The van der Waals surface area contributed by atoms with Gasteiger partial charge >= 0.3 is 0 Å². The molecule has 0 aliphatic rings. The van der Waals surface area contributed by atoms with E-state index in [-0.39, 0.29) is 0 Å². The van der Waals surface area contributed by atoms with Gasteiger partial charge in [-0.1, -0.05) is 12.1 Å². The first-order chi connectivity index (χ1) is 8.96. The van der Waals surface area contributed by atoms with E-state index in [1.54, 1.807) is 0 Å². The third-order valence-electron chi connectivity index (χ3n) is 3.11. The zero-order valence-corrected chi connectivity index (χ0v) is 15.5. The molecule has 1 aromatic carbocycles. The second-order valence-electron chi connectivity index (χ2n) is 5.38.